The Morgan fingerprint density at radius 2 is 2.00 bits per heavy atom. The van der Waals surface area contributed by atoms with Crippen LogP contribution in [0.25, 0.3) is 0 Å². The van der Waals surface area contributed by atoms with Crippen molar-refractivity contribution in [3.8, 4) is 0 Å². The molecule has 0 aliphatic heterocycles. The molecule has 0 spiro atoms. The number of nitrogens with one attached hydrogen (secondary N) is 1. The molecule has 0 aliphatic rings. The zero-order chi connectivity index (χ0) is 14.4. The highest BCUT2D eigenvalue weighted by Crippen LogP contribution is 2.17. The molecule has 0 radical (unpaired) electrons. The van der Waals surface area contributed by atoms with Crippen molar-refractivity contribution in [2.45, 2.75) is 19.4 Å². The monoisotopic (exact) mass is 272 g/mol. The van der Waals surface area contributed by atoms with Crippen LogP contribution in [0, 0.1) is 11.6 Å². The number of nitrogens with zero attached hydrogens (tertiary/aromatic N) is 1. The summed E-state index contributed by atoms with van der Waals surface area (Å²) in [5, 5.41) is 11.3. The van der Waals surface area contributed by atoms with Crippen molar-refractivity contribution in [3.63, 3.8) is 0 Å². The Labute approximate surface area is 111 Å². The van der Waals surface area contributed by atoms with Crippen LogP contribution in [0.5, 0.6) is 0 Å². The maximum Gasteiger partial charge on any atom is 0.238 e. The molecule has 0 bridgehead atoms. The van der Waals surface area contributed by atoms with Gasteiger partial charge in [-0.2, -0.15) is 0 Å². The van der Waals surface area contributed by atoms with Gasteiger partial charge in [-0.15, -0.1) is 0 Å². The first-order chi connectivity index (χ1) is 8.90. The summed E-state index contributed by atoms with van der Waals surface area (Å²) < 4.78 is 26.6. The van der Waals surface area contributed by atoms with Crippen molar-refractivity contribution in [2.24, 2.45) is 0 Å². The maximum absolute atomic E-state index is 13.3. The van der Waals surface area contributed by atoms with Crippen LogP contribution in [-0.4, -0.2) is 42.2 Å². The van der Waals surface area contributed by atoms with Crippen molar-refractivity contribution < 1.29 is 18.7 Å². The number of aliphatic hydroxyl groups is 1. The van der Waals surface area contributed by atoms with Crippen LogP contribution in [0.2, 0.25) is 0 Å². The number of hydrogen-bond donors (Lipinski definition) is 2. The second-order valence-corrected chi connectivity index (χ2v) is 4.52. The molecule has 0 saturated carbocycles. The molecule has 0 saturated heterocycles. The van der Waals surface area contributed by atoms with Gasteiger partial charge in [0.05, 0.1) is 12.6 Å². The SMILES string of the molecule is CC(O)CCN(C)CC(=O)Nc1c(F)cccc1F. The number of hydrogen-bond acceptors (Lipinski definition) is 3. The highest BCUT2D eigenvalue weighted by atomic mass is 19.1. The van der Waals surface area contributed by atoms with Crippen LogP contribution in [0.1, 0.15) is 13.3 Å². The molecule has 1 rings (SSSR count). The van der Waals surface area contributed by atoms with Gasteiger partial charge in [-0.3, -0.25) is 9.69 Å². The van der Waals surface area contributed by atoms with Crippen molar-refractivity contribution in [3.05, 3.63) is 29.8 Å². The lowest BCUT2D eigenvalue weighted by atomic mass is 10.2. The molecule has 6 heteroatoms. The molecule has 1 aromatic carbocycles. The maximum atomic E-state index is 13.3. The first-order valence-electron chi connectivity index (χ1n) is 6.00. The minimum atomic E-state index is -0.806. The van der Waals surface area contributed by atoms with Gasteiger partial charge < -0.3 is 10.4 Å². The molecule has 19 heavy (non-hydrogen) atoms. The Hall–Kier alpha value is -1.53. The van der Waals surface area contributed by atoms with Crippen LogP contribution >= 0.6 is 0 Å². The molecule has 0 aromatic heterocycles. The van der Waals surface area contributed by atoms with E-state index in [0.717, 1.165) is 12.1 Å². The lowest BCUT2D eigenvalue weighted by Gasteiger charge is -2.17. The molecular weight excluding hydrogens is 254 g/mol. The van der Waals surface area contributed by atoms with E-state index in [1.807, 2.05) is 0 Å². The molecule has 2 N–H and O–H groups in total. The van der Waals surface area contributed by atoms with Gasteiger partial charge in [0.25, 0.3) is 0 Å². The predicted molar refractivity (Wildman–Crippen MR) is 68.8 cm³/mol. The Balaban J connectivity index is 2.51. The van der Waals surface area contributed by atoms with Crippen molar-refractivity contribution in [1.29, 1.82) is 0 Å². The Kier molecular flexibility index (Phi) is 5.85. The molecular formula is C13H18F2N2O2. The third kappa shape index (κ3) is 5.32. The summed E-state index contributed by atoms with van der Waals surface area (Å²) in [6.07, 6.45) is 0.0761. The van der Waals surface area contributed by atoms with E-state index >= 15 is 0 Å². The van der Waals surface area contributed by atoms with Crippen LogP contribution in [0.4, 0.5) is 14.5 Å². The molecule has 4 nitrogen and oxygen atoms in total. The molecule has 106 valence electrons. The fraction of sp³-hybridized carbons (Fsp3) is 0.462. The lowest BCUT2D eigenvalue weighted by Crippen LogP contribution is -2.32. The van der Waals surface area contributed by atoms with Gasteiger partial charge in [0.2, 0.25) is 5.91 Å². The fourth-order valence-electron chi connectivity index (χ4n) is 1.53. The number of benzene rings is 1. The predicted octanol–water partition coefficient (Wildman–Crippen LogP) is 1.61. The van der Waals surface area contributed by atoms with Gasteiger partial charge in [0.1, 0.15) is 17.3 Å². The summed E-state index contributed by atoms with van der Waals surface area (Å²) in [5.41, 5.74) is -0.434. The van der Waals surface area contributed by atoms with E-state index in [1.165, 1.54) is 6.07 Å². The number of likely N-dealkylation sites (N-methyl/N-ethyl adjacent to an activating group) is 1. The van der Waals surface area contributed by atoms with E-state index < -0.39 is 29.3 Å². The molecule has 0 aliphatic carbocycles. The summed E-state index contributed by atoms with van der Waals surface area (Å²) in [7, 11) is 1.69. The first-order valence-corrected chi connectivity index (χ1v) is 6.00. The van der Waals surface area contributed by atoms with Crippen LogP contribution in [-0.2, 0) is 4.79 Å². The second-order valence-electron chi connectivity index (χ2n) is 4.52. The number of carbonyl (C=O) groups excluding carboxylic acids is 1. The van der Waals surface area contributed by atoms with Crippen molar-refractivity contribution >= 4 is 11.6 Å². The minimum Gasteiger partial charge on any atom is -0.393 e. The summed E-state index contributed by atoms with van der Waals surface area (Å²) in [6.45, 7) is 2.17. The highest BCUT2D eigenvalue weighted by Gasteiger charge is 2.13. The number of amides is 1. The Morgan fingerprint density at radius 1 is 1.42 bits per heavy atom. The lowest BCUT2D eigenvalue weighted by molar-refractivity contribution is -0.117. The number of carbonyl (C=O) groups is 1. The van der Waals surface area contributed by atoms with Gasteiger partial charge in [0.15, 0.2) is 0 Å². The molecule has 1 amide bonds. The van der Waals surface area contributed by atoms with Crippen molar-refractivity contribution in [1.82, 2.24) is 4.90 Å². The molecule has 1 unspecified atom stereocenters. The van der Waals surface area contributed by atoms with Crippen LogP contribution in [0.3, 0.4) is 0 Å². The van der Waals surface area contributed by atoms with E-state index in [4.69, 9.17) is 5.11 Å². The molecule has 1 atom stereocenters. The highest BCUT2D eigenvalue weighted by molar-refractivity contribution is 5.92. The fourth-order valence-corrected chi connectivity index (χ4v) is 1.53. The second kappa shape index (κ2) is 7.16. The van der Waals surface area contributed by atoms with Gasteiger partial charge in [-0.1, -0.05) is 6.07 Å². The minimum absolute atomic E-state index is 0.000490. The largest absolute Gasteiger partial charge is 0.393 e. The zero-order valence-corrected chi connectivity index (χ0v) is 11.0. The first kappa shape index (κ1) is 15.5. The summed E-state index contributed by atoms with van der Waals surface area (Å²) in [5.74, 6) is -2.11. The van der Waals surface area contributed by atoms with E-state index in [9.17, 15) is 13.6 Å². The summed E-state index contributed by atoms with van der Waals surface area (Å²) >= 11 is 0. The Bertz CT molecular complexity index is 418. The van der Waals surface area contributed by atoms with E-state index in [2.05, 4.69) is 5.32 Å². The Morgan fingerprint density at radius 3 is 2.53 bits per heavy atom. The number of para-hydroxylation sites is 1. The summed E-state index contributed by atoms with van der Waals surface area (Å²) in [6, 6.07) is 3.39. The van der Waals surface area contributed by atoms with Gasteiger partial charge in [0, 0.05) is 6.54 Å². The zero-order valence-electron chi connectivity index (χ0n) is 11.0. The van der Waals surface area contributed by atoms with E-state index in [0.29, 0.717) is 13.0 Å². The number of aliphatic hydroxyl groups excluding tert-OH is 1. The third-order valence-electron chi connectivity index (χ3n) is 2.57. The number of rotatable bonds is 6. The third-order valence-corrected chi connectivity index (χ3v) is 2.57. The summed E-state index contributed by atoms with van der Waals surface area (Å²) in [4.78, 5) is 13.3. The van der Waals surface area contributed by atoms with Gasteiger partial charge in [-0.25, -0.2) is 8.78 Å². The number of halogens is 2. The molecule has 0 heterocycles. The number of anilines is 1. The normalized spacial score (nSPS) is 12.5. The molecule has 1 aromatic rings. The smallest absolute Gasteiger partial charge is 0.238 e. The van der Waals surface area contributed by atoms with Crippen LogP contribution < -0.4 is 5.32 Å². The average molecular weight is 272 g/mol. The van der Waals surface area contributed by atoms with Gasteiger partial charge >= 0.3 is 0 Å². The topological polar surface area (TPSA) is 52.6 Å². The standard InChI is InChI=1S/C13H18F2N2O2/c1-9(18)6-7-17(2)8-12(19)16-13-10(14)4-3-5-11(13)15/h3-5,9,18H,6-8H2,1-2H3,(H,16,19). The van der Waals surface area contributed by atoms with E-state index in [-0.39, 0.29) is 6.54 Å². The average Bonchev–Trinajstić information content (AvgIpc) is 2.31. The van der Waals surface area contributed by atoms with Crippen LogP contribution in [0.15, 0.2) is 18.2 Å². The van der Waals surface area contributed by atoms with E-state index in [1.54, 1.807) is 18.9 Å². The van der Waals surface area contributed by atoms with Crippen molar-refractivity contribution in [2.75, 3.05) is 25.5 Å². The van der Waals surface area contributed by atoms with Gasteiger partial charge in [-0.05, 0) is 32.5 Å². The quantitative estimate of drug-likeness (QED) is 0.827. The molecule has 0 fully saturated rings.